The Morgan fingerprint density at radius 1 is 1.15 bits per heavy atom. The van der Waals surface area contributed by atoms with Crippen molar-refractivity contribution in [1.29, 1.82) is 0 Å². The van der Waals surface area contributed by atoms with Gasteiger partial charge in [0.25, 0.3) is 12.3 Å². The van der Waals surface area contributed by atoms with Gasteiger partial charge < -0.3 is 9.15 Å². The van der Waals surface area contributed by atoms with Crippen LogP contribution >= 0.6 is 0 Å². The second-order valence-electron chi connectivity index (χ2n) is 5.49. The lowest BCUT2D eigenvalue weighted by Gasteiger charge is -2.11. The van der Waals surface area contributed by atoms with Gasteiger partial charge in [-0.2, -0.15) is 5.10 Å². The predicted molar refractivity (Wildman–Crippen MR) is 88.0 cm³/mol. The normalized spacial score (nSPS) is 11.4. The Labute approximate surface area is 146 Å². The molecule has 0 atom stereocenters. The van der Waals surface area contributed by atoms with E-state index in [0.717, 1.165) is 4.52 Å². The number of halogens is 2. The molecule has 1 aromatic carbocycles. The first-order chi connectivity index (χ1) is 12.6. The molecule has 0 spiro atoms. The zero-order valence-electron chi connectivity index (χ0n) is 13.8. The molecule has 7 nitrogen and oxygen atoms in total. The zero-order chi connectivity index (χ0) is 18.3. The van der Waals surface area contributed by atoms with Crippen molar-refractivity contribution in [2.75, 3.05) is 7.11 Å². The van der Waals surface area contributed by atoms with Crippen LogP contribution in [0.25, 0.3) is 28.4 Å². The molecule has 0 saturated heterocycles. The van der Waals surface area contributed by atoms with Crippen LogP contribution in [0.4, 0.5) is 8.78 Å². The van der Waals surface area contributed by atoms with Crippen molar-refractivity contribution in [3.8, 4) is 28.5 Å². The Kier molecular flexibility index (Phi) is 3.83. The Bertz CT molecular complexity index is 1090. The van der Waals surface area contributed by atoms with Gasteiger partial charge in [-0.05, 0) is 18.2 Å². The fourth-order valence-electron chi connectivity index (χ4n) is 2.69. The Hall–Kier alpha value is -3.36. The Balaban J connectivity index is 2.00. The van der Waals surface area contributed by atoms with Crippen molar-refractivity contribution >= 4 is 5.65 Å². The third-order valence-corrected chi connectivity index (χ3v) is 3.86. The number of fused-ring (bicyclic) bond motifs is 1. The molecule has 0 unspecified atom stereocenters. The standard InChI is InChI=1S/C17H13F2N5O2/c1-9-22-23-17(26-9)11-8-20-24-13(15(18)19)7-12(21-16(11)24)10-5-3-4-6-14(10)25-2/h3-8,15H,1-2H3. The van der Waals surface area contributed by atoms with Gasteiger partial charge in [-0.15, -0.1) is 10.2 Å². The van der Waals surface area contributed by atoms with Crippen LogP contribution < -0.4 is 4.74 Å². The number of methoxy groups -OCH3 is 1. The average molecular weight is 357 g/mol. The van der Waals surface area contributed by atoms with Gasteiger partial charge in [0.1, 0.15) is 17.0 Å². The van der Waals surface area contributed by atoms with Gasteiger partial charge in [-0.25, -0.2) is 18.3 Å². The van der Waals surface area contributed by atoms with Crippen LogP contribution in [-0.4, -0.2) is 31.9 Å². The first kappa shape index (κ1) is 16.1. The first-order valence-electron chi connectivity index (χ1n) is 7.69. The number of rotatable bonds is 4. The van der Waals surface area contributed by atoms with E-state index in [4.69, 9.17) is 9.15 Å². The molecule has 0 aliphatic heterocycles. The Morgan fingerprint density at radius 2 is 1.96 bits per heavy atom. The number of alkyl halides is 2. The van der Waals surface area contributed by atoms with E-state index in [0.29, 0.717) is 28.5 Å². The highest BCUT2D eigenvalue weighted by atomic mass is 19.3. The maximum absolute atomic E-state index is 13.6. The largest absolute Gasteiger partial charge is 0.496 e. The predicted octanol–water partition coefficient (Wildman–Crippen LogP) is 3.70. The molecule has 26 heavy (non-hydrogen) atoms. The van der Waals surface area contributed by atoms with Crippen LogP contribution in [0.15, 0.2) is 40.9 Å². The van der Waals surface area contributed by atoms with Crippen molar-refractivity contribution < 1.29 is 17.9 Å². The minimum atomic E-state index is -2.74. The number of aryl methyl sites for hydroxylation is 1. The Morgan fingerprint density at radius 3 is 2.65 bits per heavy atom. The second-order valence-corrected chi connectivity index (χ2v) is 5.49. The number of para-hydroxylation sites is 1. The monoisotopic (exact) mass is 357 g/mol. The fraction of sp³-hybridized carbons (Fsp3) is 0.176. The number of nitrogens with zero attached hydrogens (tertiary/aromatic N) is 5. The van der Waals surface area contributed by atoms with Gasteiger partial charge in [0, 0.05) is 12.5 Å². The van der Waals surface area contributed by atoms with Gasteiger partial charge in [0.2, 0.25) is 5.89 Å². The highest BCUT2D eigenvalue weighted by molar-refractivity contribution is 5.76. The van der Waals surface area contributed by atoms with Crippen LogP contribution in [0.1, 0.15) is 18.0 Å². The smallest absolute Gasteiger partial charge is 0.280 e. The van der Waals surface area contributed by atoms with E-state index < -0.39 is 6.43 Å². The lowest BCUT2D eigenvalue weighted by molar-refractivity contribution is 0.143. The molecule has 9 heteroatoms. The van der Waals surface area contributed by atoms with E-state index in [2.05, 4.69) is 20.3 Å². The summed E-state index contributed by atoms with van der Waals surface area (Å²) in [7, 11) is 1.51. The molecule has 0 radical (unpaired) electrons. The molecule has 0 N–H and O–H groups in total. The van der Waals surface area contributed by atoms with Gasteiger partial charge in [-0.3, -0.25) is 0 Å². The molecule has 0 fully saturated rings. The number of hydrogen-bond acceptors (Lipinski definition) is 6. The maximum Gasteiger partial charge on any atom is 0.280 e. The molecule has 0 amide bonds. The molecule has 3 aromatic heterocycles. The molecular weight excluding hydrogens is 344 g/mol. The van der Waals surface area contributed by atoms with Crippen LogP contribution in [0.2, 0.25) is 0 Å². The summed E-state index contributed by atoms with van der Waals surface area (Å²) >= 11 is 0. The first-order valence-corrected chi connectivity index (χ1v) is 7.69. The molecule has 4 aromatic rings. The average Bonchev–Trinajstić information content (AvgIpc) is 3.26. The van der Waals surface area contributed by atoms with Crippen LogP contribution in [0.5, 0.6) is 5.75 Å². The van der Waals surface area contributed by atoms with Crippen LogP contribution in [0.3, 0.4) is 0 Å². The summed E-state index contributed by atoms with van der Waals surface area (Å²) in [6, 6.07) is 8.36. The minimum Gasteiger partial charge on any atom is -0.496 e. The number of ether oxygens (including phenoxy) is 1. The molecule has 132 valence electrons. The molecule has 4 rings (SSSR count). The lowest BCUT2D eigenvalue weighted by atomic mass is 10.1. The third-order valence-electron chi connectivity index (χ3n) is 3.86. The van der Waals surface area contributed by atoms with E-state index in [1.54, 1.807) is 31.2 Å². The highest BCUT2D eigenvalue weighted by Crippen LogP contribution is 2.33. The van der Waals surface area contributed by atoms with E-state index in [1.165, 1.54) is 19.4 Å². The summed E-state index contributed by atoms with van der Waals surface area (Å²) in [6.45, 7) is 1.64. The summed E-state index contributed by atoms with van der Waals surface area (Å²) in [4.78, 5) is 4.50. The van der Waals surface area contributed by atoms with Crippen molar-refractivity contribution in [3.63, 3.8) is 0 Å². The number of benzene rings is 1. The van der Waals surface area contributed by atoms with Gasteiger partial charge in [0.15, 0.2) is 5.65 Å². The molecular formula is C17H13F2N5O2. The van der Waals surface area contributed by atoms with Crippen molar-refractivity contribution in [1.82, 2.24) is 24.8 Å². The molecule has 0 aliphatic rings. The van der Waals surface area contributed by atoms with Gasteiger partial charge >= 0.3 is 0 Å². The van der Waals surface area contributed by atoms with Gasteiger partial charge in [-0.1, -0.05) is 12.1 Å². The van der Waals surface area contributed by atoms with E-state index >= 15 is 0 Å². The van der Waals surface area contributed by atoms with Gasteiger partial charge in [0.05, 0.1) is 19.0 Å². The molecule has 0 saturated carbocycles. The molecule has 0 bridgehead atoms. The fourth-order valence-corrected chi connectivity index (χ4v) is 2.69. The number of hydrogen-bond donors (Lipinski definition) is 0. The van der Waals surface area contributed by atoms with Crippen LogP contribution in [0, 0.1) is 6.92 Å². The van der Waals surface area contributed by atoms with E-state index in [-0.39, 0.29) is 17.2 Å². The van der Waals surface area contributed by atoms with Crippen LogP contribution in [-0.2, 0) is 0 Å². The van der Waals surface area contributed by atoms with E-state index in [9.17, 15) is 8.78 Å². The highest BCUT2D eigenvalue weighted by Gasteiger charge is 2.22. The van der Waals surface area contributed by atoms with E-state index in [1.807, 2.05) is 0 Å². The third kappa shape index (κ3) is 2.57. The van der Waals surface area contributed by atoms with Crippen molar-refractivity contribution in [2.24, 2.45) is 0 Å². The molecule has 0 aliphatic carbocycles. The quantitative estimate of drug-likeness (QED) is 0.554. The summed E-state index contributed by atoms with van der Waals surface area (Å²) in [5.41, 5.74) is 1.21. The summed E-state index contributed by atoms with van der Waals surface area (Å²) in [5.74, 6) is 1.05. The minimum absolute atomic E-state index is 0.169. The maximum atomic E-state index is 13.6. The summed E-state index contributed by atoms with van der Waals surface area (Å²) in [6.07, 6.45) is -1.36. The zero-order valence-corrected chi connectivity index (χ0v) is 13.8. The lowest BCUT2D eigenvalue weighted by Crippen LogP contribution is -2.03. The SMILES string of the molecule is COc1ccccc1-c1cc(C(F)F)n2ncc(-c3nnc(C)o3)c2n1. The number of aromatic nitrogens is 5. The molecule has 3 heterocycles. The van der Waals surface area contributed by atoms with Crippen molar-refractivity contribution in [2.45, 2.75) is 13.3 Å². The summed E-state index contributed by atoms with van der Waals surface area (Å²) in [5, 5.41) is 11.7. The summed E-state index contributed by atoms with van der Waals surface area (Å²) < 4.78 is 39.0. The van der Waals surface area contributed by atoms with Crippen molar-refractivity contribution in [3.05, 3.63) is 48.1 Å². The topological polar surface area (TPSA) is 78.3 Å². The second kappa shape index (κ2) is 6.17.